The van der Waals surface area contributed by atoms with E-state index in [0.29, 0.717) is 12.5 Å². The minimum atomic E-state index is -0.210. The Morgan fingerprint density at radius 2 is 2.05 bits per heavy atom. The van der Waals surface area contributed by atoms with Crippen LogP contribution in [0.15, 0.2) is 42.1 Å². The Bertz CT molecular complexity index is 479. The summed E-state index contributed by atoms with van der Waals surface area (Å²) in [7, 11) is 0. The molecule has 2 rings (SSSR count). The predicted octanol–water partition coefficient (Wildman–Crippen LogP) is 3.76. The van der Waals surface area contributed by atoms with Gasteiger partial charge in [-0.05, 0) is 30.7 Å². The second-order valence-electron chi connectivity index (χ2n) is 6.02. The third-order valence-corrected chi connectivity index (χ3v) is 3.58. The number of esters is 1. The summed E-state index contributed by atoms with van der Waals surface area (Å²) in [5, 5.41) is 0. The highest BCUT2D eigenvalue weighted by atomic mass is 16.5. The molecule has 0 unspecified atom stereocenters. The van der Waals surface area contributed by atoms with Gasteiger partial charge in [0.15, 0.2) is 0 Å². The Morgan fingerprint density at radius 3 is 2.76 bits per heavy atom. The fourth-order valence-corrected chi connectivity index (χ4v) is 2.48. The van der Waals surface area contributed by atoms with Crippen LogP contribution in [0.25, 0.3) is 0 Å². The van der Waals surface area contributed by atoms with Crippen LogP contribution in [-0.4, -0.2) is 24.0 Å². The molecule has 1 aromatic carbocycles. The molecule has 1 saturated heterocycles. The quantitative estimate of drug-likeness (QED) is 0.610. The van der Waals surface area contributed by atoms with Gasteiger partial charge < -0.3 is 9.64 Å². The van der Waals surface area contributed by atoms with Crippen molar-refractivity contribution in [1.29, 1.82) is 0 Å². The first kappa shape index (κ1) is 15.6. The van der Waals surface area contributed by atoms with Crippen molar-refractivity contribution in [3.05, 3.63) is 47.7 Å². The van der Waals surface area contributed by atoms with Gasteiger partial charge in [-0.2, -0.15) is 0 Å². The van der Waals surface area contributed by atoms with Gasteiger partial charge in [0.2, 0.25) is 0 Å². The van der Waals surface area contributed by atoms with Crippen LogP contribution in [0.4, 0.5) is 0 Å². The van der Waals surface area contributed by atoms with E-state index in [1.807, 2.05) is 19.9 Å². The summed E-state index contributed by atoms with van der Waals surface area (Å²) in [6, 6.07) is 10.4. The summed E-state index contributed by atoms with van der Waals surface area (Å²) >= 11 is 0. The van der Waals surface area contributed by atoms with Crippen molar-refractivity contribution in [2.24, 2.45) is 5.92 Å². The maximum atomic E-state index is 11.9. The number of nitrogens with zero attached hydrogens (tertiary/aromatic N) is 1. The number of hydrogen-bond donors (Lipinski definition) is 0. The van der Waals surface area contributed by atoms with E-state index in [4.69, 9.17) is 4.74 Å². The minimum Gasteiger partial charge on any atom is -0.462 e. The number of rotatable bonds is 5. The van der Waals surface area contributed by atoms with Crippen molar-refractivity contribution >= 4 is 5.97 Å². The van der Waals surface area contributed by atoms with E-state index < -0.39 is 0 Å². The monoisotopic (exact) mass is 287 g/mol. The second kappa shape index (κ2) is 7.87. The molecule has 0 aliphatic carbocycles. The summed E-state index contributed by atoms with van der Waals surface area (Å²) in [4.78, 5) is 14.2. The van der Waals surface area contributed by atoms with E-state index in [2.05, 4.69) is 29.2 Å². The van der Waals surface area contributed by atoms with Crippen LogP contribution in [-0.2, 0) is 16.1 Å². The SMILES string of the molecule is CC(C)COC(=O)/C=C1/CCCCN1Cc1ccccc1. The molecule has 0 N–H and O–H groups in total. The standard InChI is InChI=1S/C18H25NO2/c1-15(2)14-21-18(20)12-17-10-6-7-11-19(17)13-16-8-4-3-5-9-16/h3-5,8-9,12,15H,6-7,10-11,13-14H2,1-2H3/b17-12-. The van der Waals surface area contributed by atoms with E-state index in [1.165, 1.54) is 12.0 Å². The van der Waals surface area contributed by atoms with Gasteiger partial charge in [0.1, 0.15) is 0 Å². The molecule has 0 spiro atoms. The molecular weight excluding hydrogens is 262 g/mol. The van der Waals surface area contributed by atoms with Crippen LogP contribution in [0.5, 0.6) is 0 Å². The van der Waals surface area contributed by atoms with E-state index in [1.54, 1.807) is 6.08 Å². The van der Waals surface area contributed by atoms with Gasteiger partial charge in [-0.15, -0.1) is 0 Å². The largest absolute Gasteiger partial charge is 0.462 e. The van der Waals surface area contributed by atoms with E-state index in [0.717, 1.165) is 31.6 Å². The summed E-state index contributed by atoms with van der Waals surface area (Å²) < 4.78 is 5.26. The zero-order chi connectivity index (χ0) is 15.1. The van der Waals surface area contributed by atoms with E-state index >= 15 is 0 Å². The first-order valence-electron chi connectivity index (χ1n) is 7.81. The summed E-state index contributed by atoms with van der Waals surface area (Å²) in [6.45, 7) is 6.45. The van der Waals surface area contributed by atoms with Gasteiger partial charge >= 0.3 is 5.97 Å². The van der Waals surface area contributed by atoms with Crippen LogP contribution < -0.4 is 0 Å². The van der Waals surface area contributed by atoms with Gasteiger partial charge in [0, 0.05) is 24.9 Å². The maximum absolute atomic E-state index is 11.9. The first-order chi connectivity index (χ1) is 10.1. The lowest BCUT2D eigenvalue weighted by molar-refractivity contribution is -0.138. The van der Waals surface area contributed by atoms with Crippen molar-refractivity contribution in [3.8, 4) is 0 Å². The zero-order valence-corrected chi connectivity index (χ0v) is 13.0. The lowest BCUT2D eigenvalue weighted by Crippen LogP contribution is -2.28. The van der Waals surface area contributed by atoms with Gasteiger partial charge in [0.05, 0.1) is 6.61 Å². The van der Waals surface area contributed by atoms with Gasteiger partial charge in [0.25, 0.3) is 0 Å². The Kier molecular flexibility index (Phi) is 5.85. The van der Waals surface area contributed by atoms with Gasteiger partial charge in [-0.3, -0.25) is 0 Å². The highest BCUT2D eigenvalue weighted by Crippen LogP contribution is 2.22. The summed E-state index contributed by atoms with van der Waals surface area (Å²) in [5.41, 5.74) is 2.39. The molecule has 0 atom stereocenters. The summed E-state index contributed by atoms with van der Waals surface area (Å²) in [5.74, 6) is 0.165. The van der Waals surface area contributed by atoms with Crippen LogP contribution in [0.1, 0.15) is 38.7 Å². The number of hydrogen-bond acceptors (Lipinski definition) is 3. The molecule has 0 radical (unpaired) electrons. The predicted molar refractivity (Wildman–Crippen MR) is 84.6 cm³/mol. The highest BCUT2D eigenvalue weighted by molar-refractivity contribution is 5.82. The smallest absolute Gasteiger partial charge is 0.332 e. The van der Waals surface area contributed by atoms with Crippen LogP contribution in [0, 0.1) is 5.92 Å². The third kappa shape index (κ3) is 5.25. The van der Waals surface area contributed by atoms with Crippen molar-refractivity contribution in [2.45, 2.75) is 39.7 Å². The Labute approximate surface area is 127 Å². The molecular formula is C18H25NO2. The number of likely N-dealkylation sites (tertiary alicyclic amines) is 1. The Balaban J connectivity index is 1.99. The zero-order valence-electron chi connectivity index (χ0n) is 13.0. The number of allylic oxidation sites excluding steroid dienone is 1. The highest BCUT2D eigenvalue weighted by Gasteiger charge is 2.16. The third-order valence-electron chi connectivity index (χ3n) is 3.58. The molecule has 114 valence electrons. The van der Waals surface area contributed by atoms with Crippen LogP contribution in [0.2, 0.25) is 0 Å². The molecule has 0 bridgehead atoms. The molecule has 0 amide bonds. The van der Waals surface area contributed by atoms with Crippen molar-refractivity contribution in [3.63, 3.8) is 0 Å². The van der Waals surface area contributed by atoms with Crippen molar-refractivity contribution in [2.75, 3.05) is 13.2 Å². The topological polar surface area (TPSA) is 29.5 Å². The minimum absolute atomic E-state index is 0.210. The molecule has 1 fully saturated rings. The van der Waals surface area contributed by atoms with Gasteiger partial charge in [-0.25, -0.2) is 4.79 Å². The van der Waals surface area contributed by atoms with Crippen molar-refractivity contribution in [1.82, 2.24) is 4.90 Å². The number of carbonyl (C=O) groups excluding carboxylic acids is 1. The van der Waals surface area contributed by atoms with Crippen LogP contribution in [0.3, 0.4) is 0 Å². The maximum Gasteiger partial charge on any atom is 0.332 e. The molecule has 0 aromatic heterocycles. The lowest BCUT2D eigenvalue weighted by atomic mass is 10.1. The number of ether oxygens (including phenoxy) is 1. The molecule has 0 saturated carbocycles. The Morgan fingerprint density at radius 1 is 1.29 bits per heavy atom. The molecule has 3 heteroatoms. The molecule has 3 nitrogen and oxygen atoms in total. The first-order valence-corrected chi connectivity index (χ1v) is 7.81. The second-order valence-corrected chi connectivity index (χ2v) is 6.02. The Hall–Kier alpha value is -1.77. The summed E-state index contributed by atoms with van der Waals surface area (Å²) in [6.07, 6.45) is 4.98. The molecule has 1 aromatic rings. The fourth-order valence-electron chi connectivity index (χ4n) is 2.48. The average molecular weight is 287 g/mol. The molecule has 1 heterocycles. The molecule has 1 aliphatic rings. The van der Waals surface area contributed by atoms with Crippen molar-refractivity contribution < 1.29 is 9.53 Å². The van der Waals surface area contributed by atoms with E-state index in [-0.39, 0.29) is 5.97 Å². The molecule has 21 heavy (non-hydrogen) atoms. The van der Waals surface area contributed by atoms with Crippen LogP contribution >= 0.6 is 0 Å². The van der Waals surface area contributed by atoms with E-state index in [9.17, 15) is 4.79 Å². The molecule has 1 aliphatic heterocycles. The normalized spacial score (nSPS) is 17.3. The van der Waals surface area contributed by atoms with Gasteiger partial charge in [-0.1, -0.05) is 44.2 Å². The number of piperidine rings is 1. The average Bonchev–Trinajstić information content (AvgIpc) is 2.48. The lowest BCUT2D eigenvalue weighted by Gasteiger charge is -2.31. The number of benzene rings is 1. The number of carbonyl (C=O) groups is 1. The fraction of sp³-hybridized carbons (Fsp3) is 0.500.